The fourth-order valence-corrected chi connectivity index (χ4v) is 1.60. The van der Waals surface area contributed by atoms with Crippen LogP contribution in [0.2, 0.25) is 0 Å². The van der Waals surface area contributed by atoms with Gasteiger partial charge in [0.15, 0.2) is 0 Å². The number of rotatable bonds is 3. The number of benzene rings is 1. The molecule has 0 radical (unpaired) electrons. The minimum Gasteiger partial charge on any atom is -0.384 e. The third kappa shape index (κ3) is 2.42. The van der Waals surface area contributed by atoms with E-state index in [2.05, 4.69) is 4.98 Å². The molecule has 0 amide bonds. The number of pyridine rings is 1. The second kappa shape index (κ2) is 4.65. The number of hydrogen-bond acceptors (Lipinski definition) is 3. The van der Waals surface area contributed by atoms with Crippen LogP contribution < -0.4 is 10.6 Å². The largest absolute Gasteiger partial charge is 0.384 e. The number of nitrogens with one attached hydrogen (secondary N) is 1. The summed E-state index contributed by atoms with van der Waals surface area (Å²) in [6, 6.07) is 11.5. The van der Waals surface area contributed by atoms with E-state index in [4.69, 9.17) is 11.1 Å². The molecule has 4 nitrogen and oxygen atoms in total. The van der Waals surface area contributed by atoms with Crippen LogP contribution in [0.4, 0.5) is 11.4 Å². The van der Waals surface area contributed by atoms with Crippen LogP contribution >= 0.6 is 0 Å². The molecular formula is C13H14N4. The van der Waals surface area contributed by atoms with Gasteiger partial charge < -0.3 is 10.6 Å². The van der Waals surface area contributed by atoms with Gasteiger partial charge in [0.2, 0.25) is 0 Å². The van der Waals surface area contributed by atoms with Crippen molar-refractivity contribution < 1.29 is 0 Å². The predicted molar refractivity (Wildman–Crippen MR) is 69.8 cm³/mol. The van der Waals surface area contributed by atoms with E-state index in [0.29, 0.717) is 0 Å². The summed E-state index contributed by atoms with van der Waals surface area (Å²) < 4.78 is 0. The van der Waals surface area contributed by atoms with Crippen molar-refractivity contribution in [2.45, 2.75) is 0 Å². The second-order valence-electron chi connectivity index (χ2n) is 3.73. The average Bonchev–Trinajstić information content (AvgIpc) is 2.39. The maximum atomic E-state index is 7.43. The lowest BCUT2D eigenvalue weighted by atomic mass is 10.1. The van der Waals surface area contributed by atoms with Gasteiger partial charge in [0.1, 0.15) is 5.84 Å². The fourth-order valence-electron chi connectivity index (χ4n) is 1.60. The highest BCUT2D eigenvalue weighted by Crippen LogP contribution is 2.23. The molecule has 0 saturated heterocycles. The number of nitrogens with two attached hydrogens (primary N) is 1. The van der Waals surface area contributed by atoms with Gasteiger partial charge in [-0.3, -0.25) is 10.4 Å². The van der Waals surface area contributed by atoms with E-state index in [0.717, 1.165) is 16.9 Å². The molecule has 17 heavy (non-hydrogen) atoms. The van der Waals surface area contributed by atoms with E-state index in [1.807, 2.05) is 48.3 Å². The highest BCUT2D eigenvalue weighted by Gasteiger charge is 2.05. The first kappa shape index (κ1) is 11.1. The van der Waals surface area contributed by atoms with Crippen LogP contribution in [0.1, 0.15) is 5.56 Å². The van der Waals surface area contributed by atoms with Crippen molar-refractivity contribution in [1.29, 1.82) is 5.41 Å². The Morgan fingerprint density at radius 1 is 1.18 bits per heavy atom. The van der Waals surface area contributed by atoms with Gasteiger partial charge in [-0.15, -0.1) is 0 Å². The number of nitrogens with zero attached hydrogens (tertiary/aromatic N) is 2. The Hall–Kier alpha value is -2.36. The van der Waals surface area contributed by atoms with Gasteiger partial charge in [0, 0.05) is 36.4 Å². The highest BCUT2D eigenvalue weighted by molar-refractivity contribution is 5.96. The summed E-state index contributed by atoms with van der Waals surface area (Å²) in [6.07, 6.45) is 3.50. The first-order valence-electron chi connectivity index (χ1n) is 5.26. The number of hydrogen-bond donors (Lipinski definition) is 2. The molecule has 0 saturated carbocycles. The molecule has 1 aromatic heterocycles. The molecule has 3 N–H and O–H groups in total. The molecule has 0 aliphatic carbocycles. The molecule has 0 spiro atoms. The summed E-state index contributed by atoms with van der Waals surface area (Å²) in [5.74, 6) is 0.0787. The molecule has 4 heteroatoms. The second-order valence-corrected chi connectivity index (χ2v) is 3.73. The molecule has 0 unspecified atom stereocenters. The van der Waals surface area contributed by atoms with Crippen LogP contribution in [-0.4, -0.2) is 17.9 Å². The fraction of sp³-hybridized carbons (Fsp3) is 0.0769. The molecule has 86 valence electrons. The zero-order chi connectivity index (χ0) is 12.3. The van der Waals surface area contributed by atoms with Gasteiger partial charge in [-0.2, -0.15) is 0 Å². The van der Waals surface area contributed by atoms with E-state index < -0.39 is 0 Å². The Labute approximate surface area is 100 Å². The summed E-state index contributed by atoms with van der Waals surface area (Å²) >= 11 is 0. The summed E-state index contributed by atoms with van der Waals surface area (Å²) in [4.78, 5) is 6.01. The van der Waals surface area contributed by atoms with Crippen molar-refractivity contribution in [3.05, 3.63) is 54.4 Å². The normalized spacial score (nSPS) is 9.94. The monoisotopic (exact) mass is 226 g/mol. The van der Waals surface area contributed by atoms with E-state index in [1.54, 1.807) is 12.4 Å². The Kier molecular flexibility index (Phi) is 3.05. The van der Waals surface area contributed by atoms with Crippen LogP contribution in [0.15, 0.2) is 48.8 Å². The summed E-state index contributed by atoms with van der Waals surface area (Å²) in [6.45, 7) is 0. The van der Waals surface area contributed by atoms with Crippen molar-refractivity contribution in [1.82, 2.24) is 4.98 Å². The summed E-state index contributed by atoms with van der Waals surface area (Å²) in [5, 5.41) is 7.43. The Balaban J connectivity index is 2.34. The van der Waals surface area contributed by atoms with Crippen LogP contribution in [-0.2, 0) is 0 Å². The quantitative estimate of drug-likeness (QED) is 0.622. The van der Waals surface area contributed by atoms with Gasteiger partial charge in [-0.25, -0.2) is 0 Å². The van der Waals surface area contributed by atoms with E-state index in [-0.39, 0.29) is 5.84 Å². The maximum absolute atomic E-state index is 7.43. The summed E-state index contributed by atoms with van der Waals surface area (Å²) in [7, 11) is 1.97. The third-order valence-corrected chi connectivity index (χ3v) is 2.59. The standard InChI is InChI=1S/C13H14N4/c1-17(11-5-7-16-8-6-11)12-4-2-3-10(9-12)13(14)15/h2-9H,1H3,(H3,14,15). The Bertz CT molecular complexity index is 522. The lowest BCUT2D eigenvalue weighted by Gasteiger charge is -2.19. The van der Waals surface area contributed by atoms with Gasteiger partial charge in [0.05, 0.1) is 0 Å². The first-order chi connectivity index (χ1) is 8.18. The van der Waals surface area contributed by atoms with Crippen LogP contribution in [0.3, 0.4) is 0 Å². The first-order valence-corrected chi connectivity index (χ1v) is 5.26. The lowest BCUT2D eigenvalue weighted by molar-refractivity contribution is 1.18. The lowest BCUT2D eigenvalue weighted by Crippen LogP contribution is -2.13. The third-order valence-electron chi connectivity index (χ3n) is 2.59. The zero-order valence-electron chi connectivity index (χ0n) is 9.59. The Morgan fingerprint density at radius 2 is 1.88 bits per heavy atom. The van der Waals surface area contributed by atoms with Crippen molar-refractivity contribution in [3.63, 3.8) is 0 Å². The van der Waals surface area contributed by atoms with Crippen LogP contribution in [0.25, 0.3) is 0 Å². The van der Waals surface area contributed by atoms with Crippen molar-refractivity contribution in [2.24, 2.45) is 5.73 Å². The molecule has 2 aromatic rings. The molecule has 1 heterocycles. The molecule has 2 rings (SSSR count). The minimum atomic E-state index is 0.0787. The smallest absolute Gasteiger partial charge is 0.122 e. The van der Waals surface area contributed by atoms with Crippen LogP contribution in [0.5, 0.6) is 0 Å². The maximum Gasteiger partial charge on any atom is 0.122 e. The molecule has 0 bridgehead atoms. The minimum absolute atomic E-state index is 0.0787. The number of amidine groups is 1. The van der Waals surface area contributed by atoms with Gasteiger partial charge in [-0.1, -0.05) is 12.1 Å². The van der Waals surface area contributed by atoms with Crippen molar-refractivity contribution in [3.8, 4) is 0 Å². The average molecular weight is 226 g/mol. The predicted octanol–water partition coefficient (Wildman–Crippen LogP) is 2.13. The topological polar surface area (TPSA) is 66.0 Å². The number of anilines is 2. The molecule has 0 aliphatic heterocycles. The van der Waals surface area contributed by atoms with Crippen LogP contribution in [0, 0.1) is 5.41 Å². The van der Waals surface area contributed by atoms with Gasteiger partial charge >= 0.3 is 0 Å². The highest BCUT2D eigenvalue weighted by atomic mass is 15.1. The van der Waals surface area contributed by atoms with Crippen molar-refractivity contribution >= 4 is 17.2 Å². The van der Waals surface area contributed by atoms with E-state index in [9.17, 15) is 0 Å². The van der Waals surface area contributed by atoms with E-state index in [1.165, 1.54) is 0 Å². The molecule has 0 atom stereocenters. The van der Waals surface area contributed by atoms with Gasteiger partial charge in [0.25, 0.3) is 0 Å². The Morgan fingerprint density at radius 3 is 2.53 bits per heavy atom. The molecule has 0 fully saturated rings. The summed E-state index contributed by atoms with van der Waals surface area (Å²) in [5.41, 5.74) is 8.23. The zero-order valence-corrected chi connectivity index (χ0v) is 9.59. The SMILES string of the molecule is CN(c1ccncc1)c1cccc(C(=N)N)c1. The number of nitrogen functional groups attached to an aromatic ring is 1. The molecule has 0 aliphatic rings. The van der Waals surface area contributed by atoms with E-state index >= 15 is 0 Å². The van der Waals surface area contributed by atoms with Gasteiger partial charge in [-0.05, 0) is 24.3 Å². The molecular weight excluding hydrogens is 212 g/mol. The number of aromatic nitrogens is 1. The molecule has 1 aromatic carbocycles. The van der Waals surface area contributed by atoms with Crippen molar-refractivity contribution in [2.75, 3.05) is 11.9 Å².